The molecule has 0 amide bonds. The molecule has 4 atom stereocenters. The summed E-state index contributed by atoms with van der Waals surface area (Å²) in [5, 5.41) is 7.27. The van der Waals surface area contributed by atoms with Crippen LogP contribution in [0.25, 0.3) is 0 Å². The largest absolute Gasteiger partial charge is 0.462 e. The second-order valence-electron chi connectivity index (χ2n) is 13.7. The van der Waals surface area contributed by atoms with Crippen molar-refractivity contribution in [3.63, 3.8) is 0 Å². The summed E-state index contributed by atoms with van der Waals surface area (Å²) in [4.78, 5) is 26.9. The summed E-state index contributed by atoms with van der Waals surface area (Å²) in [5.74, 6) is -1.17. The number of allylic oxidation sites excluding steroid dienone is 2. The number of piperidine rings is 2. The lowest BCUT2D eigenvalue weighted by atomic mass is 9.79. The van der Waals surface area contributed by atoms with E-state index < -0.39 is 11.8 Å². The predicted molar refractivity (Wildman–Crippen MR) is 129 cm³/mol. The minimum atomic E-state index is -0.434. The van der Waals surface area contributed by atoms with E-state index in [4.69, 9.17) is 9.47 Å². The molecule has 6 heteroatoms. The monoisotopic (exact) mass is 460 g/mol. The van der Waals surface area contributed by atoms with Gasteiger partial charge >= 0.3 is 11.9 Å². The Balaban J connectivity index is 1.45. The average molecular weight is 461 g/mol. The van der Waals surface area contributed by atoms with Gasteiger partial charge in [0.15, 0.2) is 0 Å². The molecule has 2 unspecified atom stereocenters. The third-order valence-electron chi connectivity index (χ3n) is 7.87. The highest BCUT2D eigenvalue weighted by Gasteiger charge is 2.54. The van der Waals surface area contributed by atoms with Crippen LogP contribution in [0.3, 0.4) is 0 Å². The van der Waals surface area contributed by atoms with E-state index >= 15 is 0 Å². The Labute approximate surface area is 199 Å². The van der Waals surface area contributed by atoms with Crippen LogP contribution in [0, 0.1) is 23.7 Å². The molecule has 2 bridgehead atoms. The zero-order chi connectivity index (χ0) is 24.4. The molecule has 2 N–H and O–H groups in total. The summed E-state index contributed by atoms with van der Waals surface area (Å²) in [5.41, 5.74) is -0.412. The molecule has 2 aliphatic carbocycles. The Morgan fingerprint density at radius 3 is 1.24 bits per heavy atom. The van der Waals surface area contributed by atoms with E-state index in [2.05, 4.69) is 78.2 Å². The zero-order valence-electron chi connectivity index (χ0n) is 21.8. The Hall–Kier alpha value is -1.40. The lowest BCUT2D eigenvalue weighted by Crippen LogP contribution is -2.60. The number of hydrogen-bond acceptors (Lipinski definition) is 6. The van der Waals surface area contributed by atoms with Crippen molar-refractivity contribution in [2.24, 2.45) is 23.7 Å². The summed E-state index contributed by atoms with van der Waals surface area (Å²) in [6.45, 7) is 17.2. The van der Waals surface area contributed by atoms with Gasteiger partial charge in [-0.2, -0.15) is 0 Å². The molecule has 0 aromatic heterocycles. The average Bonchev–Trinajstić information content (AvgIpc) is 3.16. The van der Waals surface area contributed by atoms with Gasteiger partial charge in [0.25, 0.3) is 0 Å². The van der Waals surface area contributed by atoms with Crippen molar-refractivity contribution in [1.82, 2.24) is 10.6 Å². The van der Waals surface area contributed by atoms with Crippen LogP contribution in [0.4, 0.5) is 0 Å². The number of carbonyl (C=O) groups is 2. The van der Waals surface area contributed by atoms with Crippen molar-refractivity contribution in [3.8, 4) is 0 Å². The van der Waals surface area contributed by atoms with Crippen LogP contribution in [0.2, 0.25) is 0 Å². The molecule has 4 aliphatic rings. The highest BCUT2D eigenvalue weighted by molar-refractivity contribution is 5.84. The molecular formula is C27H44N2O4. The Bertz CT molecular complexity index is 730. The lowest BCUT2D eigenvalue weighted by molar-refractivity contribution is -0.171. The highest BCUT2D eigenvalue weighted by atomic mass is 16.6. The van der Waals surface area contributed by atoms with Crippen molar-refractivity contribution in [2.45, 2.75) is 122 Å². The maximum absolute atomic E-state index is 13.4. The van der Waals surface area contributed by atoms with Crippen LogP contribution in [0.15, 0.2) is 12.2 Å². The molecule has 2 aliphatic heterocycles. The van der Waals surface area contributed by atoms with E-state index in [9.17, 15) is 9.59 Å². The first-order chi connectivity index (χ1) is 15.0. The zero-order valence-corrected chi connectivity index (χ0v) is 21.8. The number of carbonyl (C=O) groups excluding carboxylic acids is 2. The van der Waals surface area contributed by atoms with E-state index in [1.807, 2.05) is 0 Å². The molecule has 0 aromatic rings. The van der Waals surface area contributed by atoms with Gasteiger partial charge in [-0.25, -0.2) is 0 Å². The Kier molecular flexibility index (Phi) is 6.05. The maximum Gasteiger partial charge on any atom is 0.310 e. The number of esters is 2. The maximum atomic E-state index is 13.4. The fraction of sp³-hybridized carbons (Fsp3) is 0.852. The van der Waals surface area contributed by atoms with Crippen LogP contribution in [0.1, 0.15) is 87.5 Å². The molecule has 0 spiro atoms. The lowest BCUT2D eigenvalue weighted by Gasteiger charge is -2.46. The Morgan fingerprint density at radius 1 is 0.636 bits per heavy atom. The highest BCUT2D eigenvalue weighted by Crippen LogP contribution is 2.50. The summed E-state index contributed by atoms with van der Waals surface area (Å²) in [6.07, 6.45) is 7.84. The minimum absolute atomic E-state index is 0.0729. The third-order valence-corrected chi connectivity index (χ3v) is 7.87. The van der Waals surface area contributed by atoms with Crippen molar-refractivity contribution in [3.05, 3.63) is 12.2 Å². The van der Waals surface area contributed by atoms with Gasteiger partial charge in [0.05, 0.1) is 11.8 Å². The predicted octanol–water partition coefficient (Wildman–Crippen LogP) is 4.13. The molecule has 0 aromatic carbocycles. The van der Waals surface area contributed by atoms with Crippen LogP contribution in [-0.4, -0.2) is 46.3 Å². The third kappa shape index (κ3) is 5.48. The van der Waals surface area contributed by atoms with Crippen molar-refractivity contribution in [2.75, 3.05) is 0 Å². The van der Waals surface area contributed by atoms with E-state index in [1.54, 1.807) is 0 Å². The standard InChI is InChI=1S/C27H44N2O4/c1-24(2)12-18(13-25(3,4)28-24)32-22(30)20-16-9-10-17(11-16)21(20)23(31)33-19-14-26(5,6)29-27(7,8)15-19/h9-10,16-21,28-29H,11-15H2,1-8H3/t16?,17?,20-,21-/m1/s1. The molecule has 0 radical (unpaired) electrons. The smallest absolute Gasteiger partial charge is 0.310 e. The van der Waals surface area contributed by atoms with E-state index in [0.29, 0.717) is 0 Å². The quantitative estimate of drug-likeness (QED) is 0.485. The van der Waals surface area contributed by atoms with E-state index in [0.717, 1.165) is 32.1 Å². The van der Waals surface area contributed by atoms with Gasteiger partial charge in [-0.3, -0.25) is 9.59 Å². The molecule has 6 nitrogen and oxygen atoms in total. The summed E-state index contributed by atoms with van der Waals surface area (Å²) in [6, 6.07) is 0. The molecular weight excluding hydrogens is 416 g/mol. The van der Waals surface area contributed by atoms with Crippen LogP contribution in [0.5, 0.6) is 0 Å². The topological polar surface area (TPSA) is 76.7 Å². The van der Waals surface area contributed by atoms with Gasteiger partial charge in [-0.1, -0.05) is 12.2 Å². The fourth-order valence-corrected chi connectivity index (χ4v) is 7.57. The summed E-state index contributed by atoms with van der Waals surface area (Å²) >= 11 is 0. The molecule has 2 saturated heterocycles. The molecule has 186 valence electrons. The van der Waals surface area contributed by atoms with Gasteiger partial charge in [-0.15, -0.1) is 0 Å². The fourth-order valence-electron chi connectivity index (χ4n) is 7.57. The van der Waals surface area contributed by atoms with Crippen molar-refractivity contribution >= 4 is 11.9 Å². The first kappa shape index (κ1) is 24.7. The summed E-state index contributed by atoms with van der Waals surface area (Å²) < 4.78 is 12.2. The van der Waals surface area contributed by atoms with E-state index in [1.165, 1.54) is 0 Å². The number of nitrogens with one attached hydrogen (secondary N) is 2. The summed E-state index contributed by atoms with van der Waals surface area (Å²) in [7, 11) is 0. The molecule has 1 saturated carbocycles. The van der Waals surface area contributed by atoms with Gasteiger partial charge in [0.2, 0.25) is 0 Å². The SMILES string of the molecule is CC1(C)CC(OC(=O)[C@@H]2C3C=CC(C3)[C@H]2C(=O)OC2CC(C)(C)NC(C)(C)C2)CC(C)(C)N1. The molecule has 33 heavy (non-hydrogen) atoms. The van der Waals surface area contributed by atoms with Crippen LogP contribution >= 0.6 is 0 Å². The number of rotatable bonds is 4. The number of ether oxygens (including phenoxy) is 2. The normalized spacial score (nSPS) is 36.5. The van der Waals surface area contributed by atoms with Gasteiger partial charge < -0.3 is 20.1 Å². The van der Waals surface area contributed by atoms with E-state index in [-0.39, 0.29) is 58.1 Å². The first-order valence-electron chi connectivity index (χ1n) is 12.7. The number of fused-ring (bicyclic) bond motifs is 2. The van der Waals surface area contributed by atoms with Gasteiger partial charge in [0, 0.05) is 47.8 Å². The molecule has 3 fully saturated rings. The van der Waals surface area contributed by atoms with Crippen LogP contribution in [-0.2, 0) is 19.1 Å². The second-order valence-corrected chi connectivity index (χ2v) is 13.7. The Morgan fingerprint density at radius 2 is 0.939 bits per heavy atom. The van der Waals surface area contributed by atoms with Crippen molar-refractivity contribution < 1.29 is 19.1 Å². The molecule has 2 heterocycles. The second kappa shape index (κ2) is 8.08. The van der Waals surface area contributed by atoms with Crippen LogP contribution < -0.4 is 10.6 Å². The minimum Gasteiger partial charge on any atom is -0.462 e. The van der Waals surface area contributed by atoms with Gasteiger partial charge in [0.1, 0.15) is 12.2 Å². The van der Waals surface area contributed by atoms with Crippen molar-refractivity contribution in [1.29, 1.82) is 0 Å². The molecule has 4 rings (SSSR count). The number of hydrogen-bond donors (Lipinski definition) is 2. The first-order valence-corrected chi connectivity index (χ1v) is 12.7. The van der Waals surface area contributed by atoms with Gasteiger partial charge in [-0.05, 0) is 73.6 Å².